The number of hydrogen-bond donors (Lipinski definition) is 1. The molecule has 0 aliphatic rings. The van der Waals surface area contributed by atoms with E-state index in [1.807, 2.05) is 0 Å². The molecule has 1 unspecified atom stereocenters. The van der Waals surface area contributed by atoms with E-state index in [0.717, 1.165) is 5.69 Å². The highest BCUT2D eigenvalue weighted by atomic mass is 127. The van der Waals surface area contributed by atoms with E-state index in [-0.39, 0.29) is 6.42 Å². The molecule has 1 N–H and O–H groups in total. The van der Waals surface area contributed by atoms with Crippen LogP contribution in [0.5, 0.6) is 0 Å². The van der Waals surface area contributed by atoms with Gasteiger partial charge in [0.1, 0.15) is 0 Å². The largest absolute Gasteiger partial charge is 0.481 e. The molecule has 1 atom stereocenters. The van der Waals surface area contributed by atoms with Crippen molar-refractivity contribution in [3.63, 3.8) is 0 Å². The number of aliphatic carboxylic acids is 1. The molecule has 0 aliphatic heterocycles. The highest BCUT2D eigenvalue weighted by Gasteiger charge is 2.04. The molecule has 0 fully saturated rings. The molecule has 4 nitrogen and oxygen atoms in total. The lowest BCUT2D eigenvalue weighted by Gasteiger charge is -1.98. The summed E-state index contributed by atoms with van der Waals surface area (Å²) in [7, 11) is 0. The standard InChI is InChI=1S/C5H6IN2O2P/c6-11-8-4(1-2-7-8)3-5(9)10/h1-2,11H,3H2,(H,9,10). The minimum absolute atomic E-state index is 0.0516. The van der Waals surface area contributed by atoms with Gasteiger partial charge in [-0.05, 0) is 28.1 Å². The summed E-state index contributed by atoms with van der Waals surface area (Å²) in [6.07, 6.45) is 2.13. The Morgan fingerprint density at radius 2 is 2.64 bits per heavy atom. The summed E-state index contributed by atoms with van der Waals surface area (Å²) in [6.45, 7) is 0. The molecule has 0 saturated heterocycles. The fraction of sp³-hybridized carbons (Fsp3) is 0.200. The third-order valence-electron chi connectivity index (χ3n) is 1.13. The minimum atomic E-state index is -0.818. The third-order valence-corrected chi connectivity index (χ3v) is 3.07. The SMILES string of the molecule is O=C(O)Cc1ccnn1PI. The second-order valence-electron chi connectivity index (χ2n) is 1.89. The molecule has 11 heavy (non-hydrogen) atoms. The fourth-order valence-electron chi connectivity index (χ4n) is 0.696. The molecule has 0 bridgehead atoms. The van der Waals surface area contributed by atoms with Gasteiger partial charge in [0.2, 0.25) is 0 Å². The van der Waals surface area contributed by atoms with Crippen molar-refractivity contribution < 1.29 is 9.90 Å². The van der Waals surface area contributed by atoms with Gasteiger partial charge in [0.05, 0.1) is 18.5 Å². The van der Waals surface area contributed by atoms with E-state index in [1.54, 1.807) is 16.7 Å². The Morgan fingerprint density at radius 3 is 3.18 bits per heavy atom. The van der Waals surface area contributed by atoms with Crippen LogP contribution in [0.15, 0.2) is 12.3 Å². The molecular weight excluding hydrogens is 278 g/mol. The number of nitrogens with zero attached hydrogens (tertiary/aromatic N) is 2. The van der Waals surface area contributed by atoms with Gasteiger partial charge in [-0.3, -0.25) is 4.79 Å². The second-order valence-corrected chi connectivity index (χ2v) is 3.93. The number of carboxylic acid groups (broad SMARTS) is 1. The maximum atomic E-state index is 10.3. The van der Waals surface area contributed by atoms with Crippen LogP contribution in [0.4, 0.5) is 0 Å². The van der Waals surface area contributed by atoms with Gasteiger partial charge in [0, 0.05) is 6.20 Å². The average Bonchev–Trinajstić information content (AvgIpc) is 2.34. The van der Waals surface area contributed by atoms with Crippen LogP contribution in [0.3, 0.4) is 0 Å². The predicted octanol–water partition coefficient (Wildman–Crippen LogP) is 1.30. The van der Waals surface area contributed by atoms with Crippen LogP contribution < -0.4 is 0 Å². The Labute approximate surface area is 78.3 Å². The zero-order valence-corrected chi connectivity index (χ0v) is 8.65. The first-order valence-electron chi connectivity index (χ1n) is 2.85. The van der Waals surface area contributed by atoms with Gasteiger partial charge < -0.3 is 5.11 Å². The zero-order valence-electron chi connectivity index (χ0n) is 5.49. The monoisotopic (exact) mass is 284 g/mol. The van der Waals surface area contributed by atoms with E-state index >= 15 is 0 Å². The first kappa shape index (κ1) is 8.93. The van der Waals surface area contributed by atoms with E-state index in [0.29, 0.717) is 6.37 Å². The number of hydrogen-bond acceptors (Lipinski definition) is 2. The predicted molar refractivity (Wildman–Crippen MR) is 51.3 cm³/mol. The molecule has 0 aliphatic carbocycles. The van der Waals surface area contributed by atoms with Crippen molar-refractivity contribution in [1.82, 2.24) is 9.55 Å². The summed E-state index contributed by atoms with van der Waals surface area (Å²) in [5.74, 6) is -0.818. The van der Waals surface area contributed by atoms with E-state index in [9.17, 15) is 4.79 Å². The first-order chi connectivity index (χ1) is 5.24. The molecule has 0 aromatic carbocycles. The van der Waals surface area contributed by atoms with E-state index in [1.165, 1.54) is 0 Å². The van der Waals surface area contributed by atoms with Gasteiger partial charge in [-0.25, -0.2) is 4.45 Å². The summed E-state index contributed by atoms with van der Waals surface area (Å²) in [4.78, 5) is 10.3. The molecule has 1 aromatic heterocycles. The molecule has 6 heteroatoms. The number of carboxylic acids is 1. The minimum Gasteiger partial charge on any atom is -0.481 e. The van der Waals surface area contributed by atoms with E-state index in [4.69, 9.17) is 5.11 Å². The summed E-state index contributed by atoms with van der Waals surface area (Å²) < 4.78 is 1.69. The fourth-order valence-corrected chi connectivity index (χ4v) is 2.37. The number of rotatable bonds is 3. The summed E-state index contributed by atoms with van der Waals surface area (Å²) in [5.41, 5.74) is 0.755. The molecule has 60 valence electrons. The second kappa shape index (κ2) is 4.01. The molecule has 1 heterocycles. The van der Waals surface area contributed by atoms with Gasteiger partial charge in [-0.1, -0.05) is 0 Å². The van der Waals surface area contributed by atoms with Crippen LogP contribution in [-0.2, 0) is 11.2 Å². The van der Waals surface area contributed by atoms with Gasteiger partial charge in [-0.15, -0.1) is 0 Å². The number of carbonyl (C=O) groups is 1. The van der Waals surface area contributed by atoms with Crippen molar-refractivity contribution in [2.45, 2.75) is 6.42 Å². The molecular formula is C5H6IN2O2P. The summed E-state index contributed by atoms with van der Waals surface area (Å²) in [6, 6.07) is 1.72. The van der Waals surface area contributed by atoms with Crippen molar-refractivity contribution >= 4 is 34.4 Å². The first-order valence-corrected chi connectivity index (χ1v) is 6.91. The Balaban J connectivity index is 2.76. The van der Waals surface area contributed by atoms with E-state index in [2.05, 4.69) is 27.1 Å². The van der Waals surface area contributed by atoms with Crippen LogP contribution in [0.2, 0.25) is 0 Å². The zero-order chi connectivity index (χ0) is 8.27. The van der Waals surface area contributed by atoms with Gasteiger partial charge in [-0.2, -0.15) is 5.10 Å². The van der Waals surface area contributed by atoms with Crippen LogP contribution in [0.25, 0.3) is 0 Å². The molecule has 1 aromatic rings. The lowest BCUT2D eigenvalue weighted by atomic mass is 10.3. The molecule has 0 radical (unpaired) electrons. The Kier molecular flexibility index (Phi) is 3.26. The van der Waals surface area contributed by atoms with Gasteiger partial charge in [0.25, 0.3) is 0 Å². The molecule has 0 amide bonds. The topological polar surface area (TPSA) is 55.1 Å². The maximum Gasteiger partial charge on any atom is 0.309 e. The van der Waals surface area contributed by atoms with Crippen molar-refractivity contribution in [1.29, 1.82) is 0 Å². The van der Waals surface area contributed by atoms with Gasteiger partial charge in [0.15, 0.2) is 0 Å². The lowest BCUT2D eigenvalue weighted by Crippen LogP contribution is -2.03. The Hall–Kier alpha value is -0.160. The molecule has 1 rings (SSSR count). The van der Waals surface area contributed by atoms with Crippen molar-refractivity contribution in [3.8, 4) is 0 Å². The Morgan fingerprint density at radius 1 is 1.91 bits per heavy atom. The quantitative estimate of drug-likeness (QED) is 0.672. The number of halogens is 1. The maximum absolute atomic E-state index is 10.3. The lowest BCUT2D eigenvalue weighted by molar-refractivity contribution is -0.136. The van der Waals surface area contributed by atoms with Crippen LogP contribution in [-0.4, -0.2) is 20.6 Å². The smallest absolute Gasteiger partial charge is 0.309 e. The van der Waals surface area contributed by atoms with E-state index < -0.39 is 5.97 Å². The molecule has 0 spiro atoms. The van der Waals surface area contributed by atoms with Crippen molar-refractivity contribution in [3.05, 3.63) is 18.0 Å². The van der Waals surface area contributed by atoms with Crippen LogP contribution in [0.1, 0.15) is 5.69 Å². The normalized spacial score (nSPS) is 11.0. The summed E-state index contributed by atoms with van der Waals surface area (Å²) in [5, 5.41) is 12.4. The van der Waals surface area contributed by atoms with Crippen LogP contribution >= 0.6 is 28.4 Å². The highest BCUT2D eigenvalue weighted by molar-refractivity contribution is 14.2. The van der Waals surface area contributed by atoms with Crippen molar-refractivity contribution in [2.24, 2.45) is 0 Å². The average molecular weight is 284 g/mol. The number of aromatic nitrogens is 2. The van der Waals surface area contributed by atoms with Crippen molar-refractivity contribution in [2.75, 3.05) is 0 Å². The van der Waals surface area contributed by atoms with Gasteiger partial charge >= 0.3 is 5.97 Å². The Bertz CT molecular complexity index is 263. The summed E-state index contributed by atoms with van der Waals surface area (Å²) >= 11 is 2.16. The van der Waals surface area contributed by atoms with Crippen LogP contribution in [0, 0.1) is 0 Å². The molecule has 0 saturated carbocycles. The third kappa shape index (κ3) is 2.41. The highest BCUT2D eigenvalue weighted by Crippen LogP contribution is 2.24.